The van der Waals surface area contributed by atoms with E-state index in [9.17, 15) is 24.3 Å². The van der Waals surface area contributed by atoms with Crippen LogP contribution in [0.1, 0.15) is 52.0 Å². The zero-order valence-electron chi connectivity index (χ0n) is 23.4. The lowest BCUT2D eigenvalue weighted by Crippen LogP contribution is -2.49. The van der Waals surface area contributed by atoms with Gasteiger partial charge in [-0.25, -0.2) is 4.90 Å². The molecule has 4 amide bonds. The molecule has 3 fully saturated rings. The van der Waals surface area contributed by atoms with E-state index < -0.39 is 34.6 Å². The maximum absolute atomic E-state index is 14.3. The van der Waals surface area contributed by atoms with E-state index in [1.807, 2.05) is 45.9 Å². The first-order valence-electron chi connectivity index (χ1n) is 13.8. The molecule has 2 aromatic rings. The van der Waals surface area contributed by atoms with Crippen LogP contribution in [0.25, 0.3) is 0 Å². The van der Waals surface area contributed by atoms with Crippen LogP contribution in [0.5, 0.6) is 11.5 Å². The molecule has 2 aliphatic heterocycles. The minimum atomic E-state index is -1.15. The third-order valence-electron chi connectivity index (χ3n) is 9.50. The zero-order valence-corrected chi connectivity index (χ0v) is 23.4. The summed E-state index contributed by atoms with van der Waals surface area (Å²) in [6, 6.07) is 13.9. The van der Waals surface area contributed by atoms with Crippen LogP contribution in [0.3, 0.4) is 0 Å². The number of phenolic OH excluding ortho intramolecular Hbond substituents is 1. The molecule has 40 heavy (non-hydrogen) atoms. The van der Waals surface area contributed by atoms with Crippen molar-refractivity contribution in [3.05, 3.63) is 65.7 Å². The number of para-hydroxylation sites is 1. The fraction of sp³-hybridized carbons (Fsp3) is 0.438. The van der Waals surface area contributed by atoms with Crippen LogP contribution in [0.2, 0.25) is 0 Å². The van der Waals surface area contributed by atoms with Gasteiger partial charge in [0.2, 0.25) is 23.6 Å². The van der Waals surface area contributed by atoms with Crippen LogP contribution >= 0.6 is 0 Å². The first-order valence-corrected chi connectivity index (χ1v) is 13.8. The summed E-state index contributed by atoms with van der Waals surface area (Å²) in [5.41, 5.74) is 0.237. The second-order valence-electron chi connectivity index (χ2n) is 12.6. The number of hydrogen-bond donors (Lipinski definition) is 1. The third-order valence-corrected chi connectivity index (χ3v) is 9.50. The molecule has 2 saturated heterocycles. The van der Waals surface area contributed by atoms with Crippen LogP contribution in [0, 0.1) is 29.1 Å². The standard InChI is InChI=1S/C32H34N2O6/c1-31(2,3)34-27(36)20-13-12-19-21(25(20)29(34)38)16-22-28(37)33(18-9-7-6-8-10-18)30(39)32(22,4)26(19)17-11-14-24(40-5)23(35)15-17/h6-12,14-15,20-22,25-26,35H,13,16H2,1-5H3/t20-,21+,22-,25-,26-,32+/m0/s1. The Balaban J connectivity index is 1.53. The molecule has 0 bridgehead atoms. The Morgan fingerprint density at radius 2 is 1.65 bits per heavy atom. The van der Waals surface area contributed by atoms with Crippen molar-refractivity contribution in [2.75, 3.05) is 12.0 Å². The number of fused-ring (bicyclic) bond motifs is 4. The molecule has 0 unspecified atom stereocenters. The predicted octanol–water partition coefficient (Wildman–Crippen LogP) is 4.43. The van der Waals surface area contributed by atoms with E-state index in [-0.39, 0.29) is 35.3 Å². The minimum absolute atomic E-state index is 0.0701. The number of imide groups is 2. The number of hydrogen-bond acceptors (Lipinski definition) is 6. The van der Waals surface area contributed by atoms with Crippen molar-refractivity contribution in [1.29, 1.82) is 0 Å². The Kier molecular flexibility index (Phi) is 5.77. The molecule has 2 heterocycles. The van der Waals surface area contributed by atoms with Gasteiger partial charge in [-0.2, -0.15) is 0 Å². The van der Waals surface area contributed by atoms with Gasteiger partial charge >= 0.3 is 0 Å². The van der Waals surface area contributed by atoms with Crippen LogP contribution in [0.4, 0.5) is 5.69 Å². The van der Waals surface area contributed by atoms with Gasteiger partial charge in [0, 0.05) is 11.5 Å². The number of allylic oxidation sites excluding steroid dienone is 2. The number of methoxy groups -OCH3 is 1. The second kappa shape index (κ2) is 8.78. The van der Waals surface area contributed by atoms with Gasteiger partial charge in [0.25, 0.3) is 0 Å². The van der Waals surface area contributed by atoms with Gasteiger partial charge in [-0.05, 0) is 76.3 Å². The van der Waals surface area contributed by atoms with Gasteiger partial charge < -0.3 is 9.84 Å². The molecule has 6 atom stereocenters. The Bertz CT molecular complexity index is 1470. The van der Waals surface area contributed by atoms with E-state index in [0.29, 0.717) is 29.8 Å². The van der Waals surface area contributed by atoms with Gasteiger partial charge in [0.15, 0.2) is 11.5 Å². The zero-order chi connectivity index (χ0) is 28.7. The summed E-state index contributed by atoms with van der Waals surface area (Å²) in [4.78, 5) is 58.5. The number of rotatable bonds is 3. The molecule has 2 aromatic carbocycles. The van der Waals surface area contributed by atoms with E-state index >= 15 is 0 Å². The van der Waals surface area contributed by atoms with Gasteiger partial charge in [-0.3, -0.25) is 24.1 Å². The first kappa shape index (κ1) is 26.3. The topological polar surface area (TPSA) is 104 Å². The molecule has 6 rings (SSSR count). The molecular formula is C32H34N2O6. The average Bonchev–Trinajstić information content (AvgIpc) is 3.28. The third kappa shape index (κ3) is 3.44. The molecule has 1 saturated carbocycles. The summed E-state index contributed by atoms with van der Waals surface area (Å²) >= 11 is 0. The van der Waals surface area contributed by atoms with E-state index in [0.717, 1.165) is 5.57 Å². The Morgan fingerprint density at radius 1 is 0.950 bits per heavy atom. The fourth-order valence-corrected chi connectivity index (χ4v) is 7.77. The molecular weight excluding hydrogens is 508 g/mol. The first-order chi connectivity index (χ1) is 18.9. The lowest BCUT2D eigenvalue weighted by atomic mass is 9.51. The quantitative estimate of drug-likeness (QED) is 0.455. The van der Waals surface area contributed by atoms with Crippen molar-refractivity contribution >= 4 is 29.3 Å². The number of anilines is 1. The average molecular weight is 543 g/mol. The lowest BCUT2D eigenvalue weighted by Gasteiger charge is -2.49. The van der Waals surface area contributed by atoms with Gasteiger partial charge in [-0.15, -0.1) is 0 Å². The molecule has 208 valence electrons. The Morgan fingerprint density at radius 3 is 2.27 bits per heavy atom. The van der Waals surface area contributed by atoms with Crippen molar-refractivity contribution < 1.29 is 29.0 Å². The number of carbonyl (C=O) groups is 4. The van der Waals surface area contributed by atoms with Crippen LogP contribution in [0.15, 0.2) is 60.2 Å². The Hall–Kier alpha value is -3.94. The number of nitrogens with zero attached hydrogens (tertiary/aromatic N) is 2. The number of aromatic hydroxyl groups is 1. The number of benzene rings is 2. The van der Waals surface area contributed by atoms with Crippen molar-refractivity contribution in [3.8, 4) is 11.5 Å². The summed E-state index contributed by atoms with van der Waals surface area (Å²) in [5.74, 6) is -3.53. The van der Waals surface area contributed by atoms with Gasteiger partial charge in [-0.1, -0.05) is 35.9 Å². The van der Waals surface area contributed by atoms with Crippen LogP contribution < -0.4 is 9.64 Å². The van der Waals surface area contributed by atoms with E-state index in [1.165, 1.54) is 16.9 Å². The number of phenols is 1. The number of ether oxygens (including phenoxy) is 1. The molecule has 4 aliphatic rings. The molecule has 0 spiro atoms. The second-order valence-corrected chi connectivity index (χ2v) is 12.6. The van der Waals surface area contributed by atoms with Crippen molar-refractivity contribution in [2.24, 2.45) is 29.1 Å². The van der Waals surface area contributed by atoms with Crippen molar-refractivity contribution in [3.63, 3.8) is 0 Å². The lowest BCUT2D eigenvalue weighted by molar-refractivity contribution is -0.145. The molecule has 8 heteroatoms. The fourth-order valence-electron chi connectivity index (χ4n) is 7.77. The van der Waals surface area contributed by atoms with Gasteiger partial charge in [0.1, 0.15) is 0 Å². The van der Waals surface area contributed by atoms with Crippen molar-refractivity contribution in [2.45, 2.75) is 52.0 Å². The monoisotopic (exact) mass is 542 g/mol. The summed E-state index contributed by atoms with van der Waals surface area (Å²) in [6.07, 6.45) is 2.70. The highest BCUT2D eigenvalue weighted by molar-refractivity contribution is 6.24. The highest BCUT2D eigenvalue weighted by Gasteiger charge is 2.68. The van der Waals surface area contributed by atoms with Crippen LogP contribution in [-0.4, -0.2) is 46.3 Å². The van der Waals surface area contributed by atoms with Gasteiger partial charge in [0.05, 0.1) is 36.0 Å². The minimum Gasteiger partial charge on any atom is -0.504 e. The SMILES string of the molecule is COc1ccc([C@H]2C3=CC[C@@H]4C(=O)N(C(C)(C)C)C(=O)[C@@H]4[C@@H]3C[C@H]3C(=O)N(c4ccccc4)C(=O)[C@@]23C)cc1O. The summed E-state index contributed by atoms with van der Waals surface area (Å²) < 4.78 is 5.26. The normalized spacial score (nSPS) is 31.6. The maximum Gasteiger partial charge on any atom is 0.241 e. The highest BCUT2D eigenvalue weighted by atomic mass is 16.5. The summed E-state index contributed by atoms with van der Waals surface area (Å²) in [5, 5.41) is 10.7. The number of carbonyl (C=O) groups excluding carboxylic acids is 4. The predicted molar refractivity (Wildman–Crippen MR) is 147 cm³/mol. The maximum atomic E-state index is 14.3. The smallest absolute Gasteiger partial charge is 0.241 e. The number of likely N-dealkylation sites (tertiary alicyclic amines) is 1. The molecule has 0 radical (unpaired) electrons. The van der Waals surface area contributed by atoms with E-state index in [1.54, 1.807) is 36.4 Å². The largest absolute Gasteiger partial charge is 0.504 e. The van der Waals surface area contributed by atoms with Crippen molar-refractivity contribution in [1.82, 2.24) is 4.90 Å². The molecule has 0 aromatic heterocycles. The molecule has 2 aliphatic carbocycles. The summed E-state index contributed by atoms with van der Waals surface area (Å²) in [7, 11) is 1.47. The molecule has 8 nitrogen and oxygen atoms in total. The Labute approximate surface area is 233 Å². The van der Waals surface area contributed by atoms with E-state index in [2.05, 4.69) is 0 Å². The van der Waals surface area contributed by atoms with Crippen LogP contribution in [-0.2, 0) is 19.2 Å². The highest BCUT2D eigenvalue weighted by Crippen LogP contribution is 2.64. The summed E-state index contributed by atoms with van der Waals surface area (Å²) in [6.45, 7) is 7.39. The number of amides is 4. The van der Waals surface area contributed by atoms with E-state index in [4.69, 9.17) is 4.74 Å². The molecule has 1 N–H and O–H groups in total.